The third-order valence-corrected chi connectivity index (χ3v) is 3.87. The summed E-state index contributed by atoms with van der Waals surface area (Å²) in [6.45, 7) is 2.73. The van der Waals surface area contributed by atoms with Gasteiger partial charge >= 0.3 is 0 Å². The topological polar surface area (TPSA) is 55.1 Å². The van der Waals surface area contributed by atoms with Gasteiger partial charge in [0, 0.05) is 12.1 Å². The van der Waals surface area contributed by atoms with Gasteiger partial charge in [0.15, 0.2) is 0 Å². The average Bonchev–Trinajstić information content (AvgIpc) is 2.89. The van der Waals surface area contributed by atoms with Crippen LogP contribution in [0.4, 0.5) is 0 Å². The molecule has 20 heavy (non-hydrogen) atoms. The summed E-state index contributed by atoms with van der Waals surface area (Å²) < 4.78 is 0. The number of nitrogens with one attached hydrogen (secondary N) is 1. The second-order valence-corrected chi connectivity index (χ2v) is 5.19. The number of hydrogen-bond donors (Lipinski definition) is 2. The number of carbonyl (C=O) groups excluding carboxylic acids is 1. The predicted molar refractivity (Wildman–Crippen MR) is 82.6 cm³/mol. The van der Waals surface area contributed by atoms with E-state index in [-0.39, 0.29) is 5.91 Å². The van der Waals surface area contributed by atoms with Crippen LogP contribution in [-0.2, 0) is 6.54 Å². The van der Waals surface area contributed by atoms with Gasteiger partial charge in [-0.15, -0.1) is 11.3 Å². The van der Waals surface area contributed by atoms with E-state index in [1.807, 2.05) is 42.6 Å². The fourth-order valence-corrected chi connectivity index (χ4v) is 2.65. The van der Waals surface area contributed by atoms with Gasteiger partial charge in [-0.25, -0.2) is 0 Å². The SMILES string of the molecule is Cc1ccsc1C(=O)NCc1ccccc1C#CCN. The number of amides is 1. The molecule has 2 aromatic rings. The molecule has 0 aliphatic rings. The van der Waals surface area contributed by atoms with Gasteiger partial charge in [-0.2, -0.15) is 0 Å². The summed E-state index contributed by atoms with van der Waals surface area (Å²) in [6, 6.07) is 9.70. The summed E-state index contributed by atoms with van der Waals surface area (Å²) in [5, 5.41) is 4.85. The molecule has 0 aliphatic carbocycles. The van der Waals surface area contributed by atoms with Gasteiger partial charge in [0.25, 0.3) is 5.91 Å². The Kier molecular flexibility index (Phi) is 4.94. The molecule has 3 nitrogen and oxygen atoms in total. The Morgan fingerprint density at radius 2 is 2.15 bits per heavy atom. The van der Waals surface area contributed by atoms with Gasteiger partial charge in [0.1, 0.15) is 0 Å². The van der Waals surface area contributed by atoms with Crippen LogP contribution in [0.15, 0.2) is 35.7 Å². The molecule has 0 spiro atoms. The van der Waals surface area contributed by atoms with E-state index in [1.54, 1.807) is 0 Å². The lowest BCUT2D eigenvalue weighted by atomic mass is 10.1. The zero-order valence-electron chi connectivity index (χ0n) is 11.3. The quantitative estimate of drug-likeness (QED) is 0.850. The molecule has 3 N–H and O–H groups in total. The summed E-state index contributed by atoms with van der Waals surface area (Å²) in [5.41, 5.74) is 8.29. The average molecular weight is 284 g/mol. The van der Waals surface area contributed by atoms with Crippen molar-refractivity contribution in [2.75, 3.05) is 6.54 Å². The lowest BCUT2D eigenvalue weighted by molar-refractivity contribution is 0.0954. The van der Waals surface area contributed by atoms with Crippen molar-refractivity contribution in [2.45, 2.75) is 13.5 Å². The first-order valence-electron chi connectivity index (χ1n) is 6.31. The second kappa shape index (κ2) is 6.90. The minimum absolute atomic E-state index is 0.0425. The molecule has 1 aromatic heterocycles. The Balaban J connectivity index is 2.08. The fraction of sp³-hybridized carbons (Fsp3) is 0.188. The van der Waals surface area contributed by atoms with E-state index in [1.165, 1.54) is 11.3 Å². The Bertz CT molecular complexity index is 664. The van der Waals surface area contributed by atoms with Crippen LogP contribution in [-0.4, -0.2) is 12.5 Å². The molecule has 1 amide bonds. The van der Waals surface area contributed by atoms with Crippen LogP contribution in [0.5, 0.6) is 0 Å². The minimum atomic E-state index is -0.0425. The predicted octanol–water partition coefficient (Wildman–Crippen LogP) is 2.30. The third kappa shape index (κ3) is 3.47. The van der Waals surface area contributed by atoms with Crippen molar-refractivity contribution in [3.63, 3.8) is 0 Å². The van der Waals surface area contributed by atoms with Crippen LogP contribution in [0.1, 0.15) is 26.4 Å². The first-order chi connectivity index (χ1) is 9.72. The van der Waals surface area contributed by atoms with E-state index in [2.05, 4.69) is 17.2 Å². The van der Waals surface area contributed by atoms with E-state index >= 15 is 0 Å². The maximum absolute atomic E-state index is 12.1. The standard InChI is InChI=1S/C16H16N2OS/c1-12-8-10-20-15(12)16(19)18-11-14-6-3-2-5-13(14)7-4-9-17/h2-3,5-6,8,10H,9,11,17H2,1H3,(H,18,19). The molecule has 0 saturated heterocycles. The molecule has 1 aromatic carbocycles. The first kappa shape index (κ1) is 14.3. The molecule has 0 radical (unpaired) electrons. The molecular formula is C16H16N2OS. The highest BCUT2D eigenvalue weighted by atomic mass is 32.1. The van der Waals surface area contributed by atoms with Gasteiger partial charge in [-0.3, -0.25) is 4.79 Å². The largest absolute Gasteiger partial charge is 0.347 e. The van der Waals surface area contributed by atoms with Gasteiger partial charge in [0.2, 0.25) is 0 Å². The van der Waals surface area contributed by atoms with Crippen molar-refractivity contribution < 1.29 is 4.79 Å². The molecule has 102 valence electrons. The Morgan fingerprint density at radius 1 is 1.35 bits per heavy atom. The molecule has 0 bridgehead atoms. The Labute approximate surface area is 122 Å². The van der Waals surface area contributed by atoms with Crippen molar-refractivity contribution in [1.29, 1.82) is 0 Å². The highest BCUT2D eigenvalue weighted by Crippen LogP contribution is 2.15. The minimum Gasteiger partial charge on any atom is -0.347 e. The number of carbonyl (C=O) groups is 1. The van der Waals surface area contributed by atoms with Crippen LogP contribution in [0, 0.1) is 18.8 Å². The van der Waals surface area contributed by atoms with Crippen molar-refractivity contribution in [1.82, 2.24) is 5.32 Å². The van der Waals surface area contributed by atoms with Crippen LogP contribution in [0.3, 0.4) is 0 Å². The van der Waals surface area contributed by atoms with Crippen molar-refractivity contribution in [3.8, 4) is 11.8 Å². The van der Waals surface area contributed by atoms with E-state index in [0.717, 1.165) is 21.6 Å². The highest BCUT2D eigenvalue weighted by Gasteiger charge is 2.10. The van der Waals surface area contributed by atoms with Crippen molar-refractivity contribution in [2.24, 2.45) is 5.73 Å². The molecule has 0 unspecified atom stereocenters. The van der Waals surface area contributed by atoms with E-state index in [4.69, 9.17) is 5.73 Å². The van der Waals surface area contributed by atoms with Crippen molar-refractivity contribution in [3.05, 3.63) is 57.3 Å². The molecule has 0 fully saturated rings. The molecule has 2 rings (SSSR count). The van der Waals surface area contributed by atoms with Crippen molar-refractivity contribution >= 4 is 17.2 Å². The normalized spacial score (nSPS) is 9.70. The molecule has 0 atom stereocenters. The smallest absolute Gasteiger partial charge is 0.261 e. The summed E-state index contributed by atoms with van der Waals surface area (Å²) >= 11 is 1.45. The van der Waals surface area contributed by atoms with E-state index in [0.29, 0.717) is 13.1 Å². The van der Waals surface area contributed by atoms with Crippen LogP contribution in [0.25, 0.3) is 0 Å². The Hall–Kier alpha value is -2.09. The summed E-state index contributed by atoms with van der Waals surface area (Å²) in [6.07, 6.45) is 0. The number of aryl methyl sites for hydroxylation is 1. The molecule has 0 saturated carbocycles. The molecule has 0 aliphatic heterocycles. The van der Waals surface area contributed by atoms with Gasteiger partial charge < -0.3 is 11.1 Å². The second-order valence-electron chi connectivity index (χ2n) is 4.28. The maximum Gasteiger partial charge on any atom is 0.261 e. The fourth-order valence-electron chi connectivity index (χ4n) is 1.80. The van der Waals surface area contributed by atoms with Crippen LogP contribution in [0.2, 0.25) is 0 Å². The summed E-state index contributed by atoms with van der Waals surface area (Å²) in [4.78, 5) is 12.8. The van der Waals surface area contributed by atoms with Gasteiger partial charge in [-0.05, 0) is 35.6 Å². The third-order valence-electron chi connectivity index (χ3n) is 2.85. The highest BCUT2D eigenvalue weighted by molar-refractivity contribution is 7.12. The summed E-state index contributed by atoms with van der Waals surface area (Å²) in [7, 11) is 0. The maximum atomic E-state index is 12.1. The zero-order chi connectivity index (χ0) is 14.4. The molecular weight excluding hydrogens is 268 g/mol. The number of benzene rings is 1. The zero-order valence-corrected chi connectivity index (χ0v) is 12.1. The monoisotopic (exact) mass is 284 g/mol. The molecule has 4 heteroatoms. The number of thiophene rings is 1. The van der Waals surface area contributed by atoms with E-state index in [9.17, 15) is 4.79 Å². The van der Waals surface area contributed by atoms with Gasteiger partial charge in [0.05, 0.1) is 11.4 Å². The van der Waals surface area contributed by atoms with Crippen LogP contribution >= 0.6 is 11.3 Å². The first-order valence-corrected chi connectivity index (χ1v) is 7.19. The Morgan fingerprint density at radius 3 is 2.85 bits per heavy atom. The summed E-state index contributed by atoms with van der Waals surface area (Å²) in [5.74, 6) is 5.81. The van der Waals surface area contributed by atoms with Gasteiger partial charge in [-0.1, -0.05) is 30.0 Å². The van der Waals surface area contributed by atoms with Crippen LogP contribution < -0.4 is 11.1 Å². The lowest BCUT2D eigenvalue weighted by Gasteiger charge is -2.07. The number of hydrogen-bond acceptors (Lipinski definition) is 3. The number of nitrogens with two attached hydrogens (primary N) is 1. The van der Waals surface area contributed by atoms with E-state index < -0.39 is 0 Å². The number of rotatable bonds is 3. The molecule has 1 heterocycles. The lowest BCUT2D eigenvalue weighted by Crippen LogP contribution is -2.22.